The molecule has 4 fully saturated rings. The van der Waals surface area contributed by atoms with Crippen LogP contribution in [0.1, 0.15) is 71.3 Å². The number of likely N-dealkylation sites (tertiary alicyclic amines) is 1. The molecule has 5 rings (SSSR count). The van der Waals surface area contributed by atoms with E-state index in [4.69, 9.17) is 4.74 Å². The van der Waals surface area contributed by atoms with Gasteiger partial charge in [-0.3, -0.25) is 4.79 Å². The molecule has 1 aromatic carbocycles. The van der Waals surface area contributed by atoms with Gasteiger partial charge in [0.1, 0.15) is 5.75 Å². The van der Waals surface area contributed by atoms with E-state index < -0.39 is 0 Å². The van der Waals surface area contributed by atoms with Crippen LogP contribution in [0.4, 0.5) is 0 Å². The van der Waals surface area contributed by atoms with Crippen molar-refractivity contribution in [3.63, 3.8) is 0 Å². The lowest BCUT2D eigenvalue weighted by atomic mass is 9.45. The minimum atomic E-state index is 0.232. The van der Waals surface area contributed by atoms with Gasteiger partial charge in [0, 0.05) is 19.5 Å². The van der Waals surface area contributed by atoms with Gasteiger partial charge in [-0.1, -0.05) is 26.8 Å². The number of rotatable bonds is 2. The van der Waals surface area contributed by atoms with Gasteiger partial charge in [0.25, 0.3) is 0 Å². The highest BCUT2D eigenvalue weighted by atomic mass is 16.5. The molecule has 1 amide bonds. The highest BCUT2D eigenvalue weighted by molar-refractivity contribution is 5.77. The molecule has 4 aliphatic rings. The van der Waals surface area contributed by atoms with Crippen LogP contribution in [0, 0.1) is 45.8 Å². The predicted molar refractivity (Wildman–Crippen MR) is 120 cm³/mol. The molecule has 4 nitrogen and oxygen atoms in total. The van der Waals surface area contributed by atoms with Crippen molar-refractivity contribution in [1.82, 2.24) is 4.90 Å². The Morgan fingerprint density at radius 1 is 1.19 bits per heavy atom. The van der Waals surface area contributed by atoms with E-state index in [-0.39, 0.29) is 11.5 Å². The summed E-state index contributed by atoms with van der Waals surface area (Å²) in [6, 6.07) is 10.2. The molecule has 166 valence electrons. The molecule has 3 saturated carbocycles. The Balaban J connectivity index is 1.39. The Hall–Kier alpha value is -2.02. The zero-order valence-corrected chi connectivity index (χ0v) is 19.4. The van der Waals surface area contributed by atoms with Crippen LogP contribution < -0.4 is 4.74 Å². The Morgan fingerprint density at radius 2 is 2.00 bits per heavy atom. The summed E-state index contributed by atoms with van der Waals surface area (Å²) >= 11 is 0. The molecule has 1 heterocycles. The Morgan fingerprint density at radius 3 is 2.77 bits per heavy atom. The second kappa shape index (κ2) is 7.26. The molecular weight excluding hydrogens is 384 g/mol. The lowest BCUT2D eigenvalue weighted by molar-refractivity contribution is -0.164. The van der Waals surface area contributed by atoms with Gasteiger partial charge in [-0.15, -0.1) is 0 Å². The molecule has 1 saturated heterocycles. The number of nitriles is 1. The van der Waals surface area contributed by atoms with Gasteiger partial charge in [0.05, 0.1) is 17.7 Å². The minimum Gasteiger partial charge on any atom is -0.490 e. The number of carbonyl (C=O) groups is 1. The van der Waals surface area contributed by atoms with Crippen molar-refractivity contribution < 1.29 is 9.53 Å². The molecule has 2 unspecified atom stereocenters. The zero-order chi connectivity index (χ0) is 22.0. The quantitative estimate of drug-likeness (QED) is 0.642. The van der Waals surface area contributed by atoms with E-state index in [1.807, 2.05) is 31.3 Å². The molecular formula is C27H36N2O2. The number of fused-ring (bicyclic) bond motifs is 5. The van der Waals surface area contributed by atoms with Crippen LogP contribution in [0.25, 0.3) is 0 Å². The summed E-state index contributed by atoms with van der Waals surface area (Å²) in [5, 5.41) is 9.21. The molecule has 1 aliphatic heterocycles. The summed E-state index contributed by atoms with van der Waals surface area (Å²) in [5.74, 6) is 3.92. The van der Waals surface area contributed by atoms with E-state index in [0.29, 0.717) is 47.1 Å². The van der Waals surface area contributed by atoms with E-state index in [9.17, 15) is 10.1 Å². The number of hydrogen-bond acceptors (Lipinski definition) is 3. The Bertz CT molecular complexity index is 922. The number of ether oxygens (including phenoxy) is 1. The molecule has 31 heavy (non-hydrogen) atoms. The first kappa shape index (κ1) is 20.9. The van der Waals surface area contributed by atoms with Gasteiger partial charge in [-0.05, 0) is 91.2 Å². The summed E-state index contributed by atoms with van der Waals surface area (Å²) < 4.78 is 6.45. The number of carbonyl (C=O) groups excluding carboxylic acids is 1. The smallest absolute Gasteiger partial charge is 0.222 e. The van der Waals surface area contributed by atoms with Gasteiger partial charge in [0.15, 0.2) is 0 Å². The SMILES string of the molecule is CC1C[C@H]2N(C)C(=O)CC[C@]2(C)[C@H]2CC[C@]3(C)C[C@@H](Oc4cccc(C#N)c4)C[C@H]3C12. The Kier molecular flexibility index (Phi) is 4.88. The van der Waals surface area contributed by atoms with Crippen molar-refractivity contribution in [2.75, 3.05) is 7.05 Å². The van der Waals surface area contributed by atoms with Gasteiger partial charge in [-0.25, -0.2) is 0 Å². The molecule has 0 bridgehead atoms. The average Bonchev–Trinajstić information content (AvgIpc) is 3.08. The summed E-state index contributed by atoms with van der Waals surface area (Å²) in [5.41, 5.74) is 1.25. The lowest BCUT2D eigenvalue weighted by Gasteiger charge is -2.63. The molecule has 0 aromatic heterocycles. The van der Waals surface area contributed by atoms with Crippen molar-refractivity contribution in [3.05, 3.63) is 29.8 Å². The van der Waals surface area contributed by atoms with Crippen molar-refractivity contribution in [2.24, 2.45) is 34.5 Å². The molecule has 1 aromatic rings. The monoisotopic (exact) mass is 420 g/mol. The summed E-state index contributed by atoms with van der Waals surface area (Å²) in [7, 11) is 2.04. The fourth-order valence-corrected chi connectivity index (χ4v) is 8.38. The van der Waals surface area contributed by atoms with Crippen LogP contribution in [-0.2, 0) is 4.79 Å². The van der Waals surface area contributed by atoms with E-state index in [1.165, 1.54) is 12.8 Å². The van der Waals surface area contributed by atoms with Crippen LogP contribution in [0.15, 0.2) is 24.3 Å². The predicted octanol–water partition coefficient (Wildman–Crippen LogP) is 5.42. The van der Waals surface area contributed by atoms with Gasteiger partial charge >= 0.3 is 0 Å². The van der Waals surface area contributed by atoms with Crippen molar-refractivity contribution >= 4 is 5.91 Å². The van der Waals surface area contributed by atoms with Crippen molar-refractivity contribution in [1.29, 1.82) is 5.26 Å². The van der Waals surface area contributed by atoms with E-state index in [1.54, 1.807) is 0 Å². The highest BCUT2D eigenvalue weighted by Crippen LogP contribution is 2.66. The molecule has 0 radical (unpaired) electrons. The first-order valence-corrected chi connectivity index (χ1v) is 12.2. The fourth-order valence-electron chi connectivity index (χ4n) is 8.38. The second-order valence-corrected chi connectivity index (χ2v) is 11.5. The number of piperidine rings is 1. The van der Waals surface area contributed by atoms with Crippen LogP contribution in [0.5, 0.6) is 5.75 Å². The number of nitrogens with zero attached hydrogens (tertiary/aromatic N) is 2. The van der Waals surface area contributed by atoms with Crippen LogP contribution in [0.3, 0.4) is 0 Å². The third-order valence-electron chi connectivity index (χ3n) is 9.93. The van der Waals surface area contributed by atoms with Gasteiger partial charge in [-0.2, -0.15) is 5.26 Å². The first-order valence-electron chi connectivity index (χ1n) is 12.2. The maximum absolute atomic E-state index is 12.4. The molecule has 4 heteroatoms. The number of amides is 1. The maximum atomic E-state index is 12.4. The van der Waals surface area contributed by atoms with E-state index in [2.05, 4.69) is 31.7 Å². The van der Waals surface area contributed by atoms with Crippen LogP contribution in [0.2, 0.25) is 0 Å². The number of benzene rings is 1. The fraction of sp³-hybridized carbons (Fsp3) is 0.704. The molecule has 3 aliphatic carbocycles. The molecule has 0 N–H and O–H groups in total. The molecule has 8 atom stereocenters. The maximum Gasteiger partial charge on any atom is 0.222 e. The summed E-state index contributed by atoms with van der Waals surface area (Å²) in [4.78, 5) is 14.5. The van der Waals surface area contributed by atoms with Crippen molar-refractivity contribution in [3.8, 4) is 11.8 Å². The van der Waals surface area contributed by atoms with Crippen LogP contribution in [-0.4, -0.2) is 30.0 Å². The highest BCUT2D eigenvalue weighted by Gasteiger charge is 2.62. The average molecular weight is 421 g/mol. The first-order chi connectivity index (χ1) is 14.7. The third-order valence-corrected chi connectivity index (χ3v) is 9.93. The Labute approximate surface area is 186 Å². The largest absolute Gasteiger partial charge is 0.490 e. The summed E-state index contributed by atoms with van der Waals surface area (Å²) in [6.07, 6.45) is 7.93. The lowest BCUT2D eigenvalue weighted by Crippen LogP contribution is -2.62. The van der Waals surface area contributed by atoms with Gasteiger partial charge in [0.2, 0.25) is 5.91 Å². The third kappa shape index (κ3) is 3.19. The topological polar surface area (TPSA) is 53.3 Å². The van der Waals surface area contributed by atoms with Gasteiger partial charge < -0.3 is 9.64 Å². The normalized spacial score (nSPS) is 44.1. The van der Waals surface area contributed by atoms with Crippen LogP contribution >= 0.6 is 0 Å². The molecule has 0 spiro atoms. The zero-order valence-electron chi connectivity index (χ0n) is 19.4. The number of hydrogen-bond donors (Lipinski definition) is 0. The van der Waals surface area contributed by atoms with E-state index in [0.717, 1.165) is 37.4 Å². The van der Waals surface area contributed by atoms with E-state index >= 15 is 0 Å². The van der Waals surface area contributed by atoms with Crippen molar-refractivity contribution in [2.45, 2.75) is 77.9 Å². The standard InChI is InChI=1S/C27H36N2O2/c1-17-12-23-27(3,11-9-24(30)29(23)4)21-8-10-26(2)15-20(14-22(26)25(17)21)31-19-7-5-6-18(13-19)16-28/h5-7,13,17,20-23,25H,8-12,14-15H2,1-4H3/t17?,20-,21-,22-,23+,25?,26+,27+/m0/s1. The minimum absolute atomic E-state index is 0.232. The summed E-state index contributed by atoms with van der Waals surface area (Å²) in [6.45, 7) is 7.43. The second-order valence-electron chi connectivity index (χ2n) is 11.5.